The summed E-state index contributed by atoms with van der Waals surface area (Å²) in [5.74, 6) is 0. The molecule has 4 heteroatoms. The van der Waals surface area contributed by atoms with Crippen molar-refractivity contribution in [2.75, 3.05) is 0 Å². The van der Waals surface area contributed by atoms with E-state index < -0.39 is 0 Å². The number of nitriles is 1. The topological polar surface area (TPSA) is 54.0 Å². The van der Waals surface area contributed by atoms with Gasteiger partial charge in [-0.25, -0.2) is 0 Å². The van der Waals surface area contributed by atoms with Gasteiger partial charge in [0.2, 0.25) is 0 Å². The Hall–Kier alpha value is -2.38. The van der Waals surface area contributed by atoms with Crippen LogP contribution < -0.4 is 5.43 Å². The maximum Gasteiger partial charge on any atom is 0.197 e. The summed E-state index contributed by atoms with van der Waals surface area (Å²) >= 11 is 3.53. The van der Waals surface area contributed by atoms with Crippen molar-refractivity contribution in [3.05, 3.63) is 81.7 Å². The van der Waals surface area contributed by atoms with Crippen LogP contribution in [0.5, 0.6) is 0 Å². The molecular formula is C17H10BrNO2. The highest BCUT2D eigenvalue weighted by molar-refractivity contribution is 9.09. The molecule has 102 valence electrons. The molecule has 1 atom stereocenters. The van der Waals surface area contributed by atoms with E-state index >= 15 is 0 Å². The summed E-state index contributed by atoms with van der Waals surface area (Å²) in [5, 5.41) is 9.38. The molecule has 3 aromatic rings. The van der Waals surface area contributed by atoms with Gasteiger partial charge in [0, 0.05) is 0 Å². The first-order valence-corrected chi connectivity index (χ1v) is 7.27. The lowest BCUT2D eigenvalue weighted by molar-refractivity contribution is 0.594. The molecule has 0 bridgehead atoms. The fourth-order valence-corrected chi connectivity index (χ4v) is 2.80. The predicted molar refractivity (Wildman–Crippen MR) is 84.4 cm³/mol. The smallest absolute Gasteiger partial charge is 0.197 e. The molecular weight excluding hydrogens is 330 g/mol. The second kappa shape index (κ2) is 5.55. The van der Waals surface area contributed by atoms with Crippen LogP contribution in [-0.4, -0.2) is 0 Å². The zero-order chi connectivity index (χ0) is 14.8. The summed E-state index contributed by atoms with van der Waals surface area (Å²) in [5.41, 5.74) is 2.55. The average molecular weight is 340 g/mol. The van der Waals surface area contributed by atoms with Crippen LogP contribution in [0.4, 0.5) is 0 Å². The third kappa shape index (κ3) is 2.48. The lowest BCUT2D eigenvalue weighted by atomic mass is 10.0. The van der Waals surface area contributed by atoms with Crippen LogP contribution in [0.1, 0.15) is 21.5 Å². The van der Waals surface area contributed by atoms with Crippen LogP contribution in [0, 0.1) is 11.3 Å². The van der Waals surface area contributed by atoms with E-state index in [4.69, 9.17) is 9.68 Å². The molecule has 0 aliphatic rings. The normalized spacial score (nSPS) is 12.0. The molecule has 0 N–H and O–H groups in total. The van der Waals surface area contributed by atoms with Crippen molar-refractivity contribution in [1.82, 2.24) is 0 Å². The van der Waals surface area contributed by atoms with Crippen molar-refractivity contribution in [3.8, 4) is 6.07 Å². The molecule has 0 saturated heterocycles. The monoisotopic (exact) mass is 339 g/mol. The molecule has 3 rings (SSSR count). The number of rotatable bonds is 2. The van der Waals surface area contributed by atoms with E-state index in [9.17, 15) is 4.79 Å². The SMILES string of the molecule is N#Cc1ccc(C(Br)c2coc3ccccc3c2=O)cc1. The van der Waals surface area contributed by atoms with Crippen LogP contribution in [0.3, 0.4) is 0 Å². The highest BCUT2D eigenvalue weighted by Crippen LogP contribution is 2.29. The largest absolute Gasteiger partial charge is 0.464 e. The van der Waals surface area contributed by atoms with Gasteiger partial charge in [-0.3, -0.25) is 4.79 Å². The number of benzene rings is 2. The molecule has 0 saturated carbocycles. The summed E-state index contributed by atoms with van der Waals surface area (Å²) in [6.45, 7) is 0. The number of para-hydroxylation sites is 1. The average Bonchev–Trinajstić information content (AvgIpc) is 2.55. The summed E-state index contributed by atoms with van der Waals surface area (Å²) in [4.78, 5) is 12.3. The number of alkyl halides is 1. The standard InChI is InChI=1S/C17H10BrNO2/c18-16(12-7-5-11(9-19)6-8-12)14-10-21-15-4-2-1-3-13(15)17(14)20/h1-8,10,16H. The molecule has 1 heterocycles. The van der Waals surface area contributed by atoms with Crippen LogP contribution >= 0.6 is 15.9 Å². The Kier molecular flexibility index (Phi) is 3.59. The van der Waals surface area contributed by atoms with Gasteiger partial charge in [0.1, 0.15) is 5.58 Å². The highest BCUT2D eigenvalue weighted by atomic mass is 79.9. The first-order valence-electron chi connectivity index (χ1n) is 6.35. The molecule has 3 nitrogen and oxygen atoms in total. The minimum Gasteiger partial charge on any atom is -0.464 e. The Morgan fingerprint density at radius 3 is 2.52 bits per heavy atom. The fraction of sp³-hybridized carbons (Fsp3) is 0.0588. The minimum absolute atomic E-state index is 0.0527. The van der Waals surface area contributed by atoms with E-state index in [-0.39, 0.29) is 10.3 Å². The van der Waals surface area contributed by atoms with Crippen molar-refractivity contribution in [2.45, 2.75) is 4.83 Å². The number of fused-ring (bicyclic) bond motifs is 1. The Morgan fingerprint density at radius 1 is 1.10 bits per heavy atom. The first kappa shape index (κ1) is 13.6. The summed E-state index contributed by atoms with van der Waals surface area (Å²) in [6, 6.07) is 16.3. The minimum atomic E-state index is -0.272. The van der Waals surface area contributed by atoms with Gasteiger partial charge in [-0.2, -0.15) is 5.26 Å². The van der Waals surface area contributed by atoms with Crippen molar-refractivity contribution in [2.24, 2.45) is 0 Å². The van der Waals surface area contributed by atoms with Crippen LogP contribution in [-0.2, 0) is 0 Å². The molecule has 0 fully saturated rings. The van der Waals surface area contributed by atoms with Crippen molar-refractivity contribution < 1.29 is 4.42 Å². The van der Waals surface area contributed by atoms with E-state index in [1.165, 1.54) is 6.26 Å². The molecule has 2 aromatic carbocycles. The summed E-state index contributed by atoms with van der Waals surface area (Å²) < 4.78 is 5.53. The first-order chi connectivity index (χ1) is 10.2. The van der Waals surface area contributed by atoms with Crippen molar-refractivity contribution in [3.63, 3.8) is 0 Å². The Morgan fingerprint density at radius 2 is 1.81 bits per heavy atom. The zero-order valence-corrected chi connectivity index (χ0v) is 12.5. The highest BCUT2D eigenvalue weighted by Gasteiger charge is 2.16. The van der Waals surface area contributed by atoms with E-state index in [1.54, 1.807) is 24.3 Å². The molecule has 0 aliphatic heterocycles. The maximum absolute atomic E-state index is 12.5. The van der Waals surface area contributed by atoms with Gasteiger partial charge in [0.15, 0.2) is 5.43 Å². The molecule has 0 radical (unpaired) electrons. The molecule has 21 heavy (non-hydrogen) atoms. The number of halogens is 1. The second-order valence-electron chi connectivity index (χ2n) is 4.61. The Balaban J connectivity index is 2.09. The van der Waals surface area contributed by atoms with Crippen molar-refractivity contribution in [1.29, 1.82) is 5.26 Å². The molecule has 1 unspecified atom stereocenters. The lowest BCUT2D eigenvalue weighted by Gasteiger charge is -2.10. The summed E-state index contributed by atoms with van der Waals surface area (Å²) in [7, 11) is 0. The third-order valence-corrected chi connectivity index (χ3v) is 4.33. The van der Waals surface area contributed by atoms with Crippen LogP contribution in [0.25, 0.3) is 11.0 Å². The van der Waals surface area contributed by atoms with Gasteiger partial charge in [0.25, 0.3) is 0 Å². The van der Waals surface area contributed by atoms with Gasteiger partial charge in [-0.15, -0.1) is 0 Å². The van der Waals surface area contributed by atoms with Gasteiger partial charge in [0.05, 0.1) is 33.7 Å². The maximum atomic E-state index is 12.5. The lowest BCUT2D eigenvalue weighted by Crippen LogP contribution is -2.11. The van der Waals surface area contributed by atoms with E-state index in [1.807, 2.05) is 24.3 Å². The van der Waals surface area contributed by atoms with Gasteiger partial charge < -0.3 is 4.42 Å². The van der Waals surface area contributed by atoms with Gasteiger partial charge in [-0.05, 0) is 29.8 Å². The third-order valence-electron chi connectivity index (χ3n) is 3.31. The second-order valence-corrected chi connectivity index (χ2v) is 5.53. The number of nitrogens with zero attached hydrogens (tertiary/aromatic N) is 1. The molecule has 0 spiro atoms. The van der Waals surface area contributed by atoms with Gasteiger partial charge in [-0.1, -0.05) is 40.2 Å². The predicted octanol–water partition coefficient (Wildman–Crippen LogP) is 4.15. The Bertz CT molecular complexity index is 891. The molecule has 0 aliphatic carbocycles. The number of hydrogen-bond donors (Lipinski definition) is 0. The number of hydrogen-bond acceptors (Lipinski definition) is 3. The molecule has 1 aromatic heterocycles. The fourth-order valence-electron chi connectivity index (χ4n) is 2.17. The van der Waals surface area contributed by atoms with E-state index in [0.717, 1.165) is 5.56 Å². The quantitative estimate of drug-likeness (QED) is 0.659. The zero-order valence-electron chi connectivity index (χ0n) is 10.9. The van der Waals surface area contributed by atoms with Crippen molar-refractivity contribution >= 4 is 26.9 Å². The van der Waals surface area contributed by atoms with E-state index in [2.05, 4.69) is 22.0 Å². The van der Waals surface area contributed by atoms with Crippen LogP contribution in [0.15, 0.2) is 64.0 Å². The van der Waals surface area contributed by atoms with Gasteiger partial charge >= 0.3 is 0 Å². The molecule has 0 amide bonds. The van der Waals surface area contributed by atoms with Crippen LogP contribution in [0.2, 0.25) is 0 Å². The Labute approximate surface area is 129 Å². The summed E-state index contributed by atoms with van der Waals surface area (Å²) in [6.07, 6.45) is 1.49. The van der Waals surface area contributed by atoms with E-state index in [0.29, 0.717) is 22.1 Å².